The number of amides is 1. The molecule has 2 rings (SSSR count). The first-order valence-corrected chi connectivity index (χ1v) is 5.89. The molecule has 15 heavy (non-hydrogen) atoms. The van der Waals surface area contributed by atoms with Crippen molar-refractivity contribution in [3.8, 4) is 0 Å². The van der Waals surface area contributed by atoms with E-state index in [9.17, 15) is 4.79 Å². The van der Waals surface area contributed by atoms with Gasteiger partial charge in [-0.2, -0.15) is 0 Å². The van der Waals surface area contributed by atoms with Gasteiger partial charge in [-0.1, -0.05) is 18.9 Å². The molecule has 1 fully saturated rings. The molecular weight excluding hydrogens is 256 g/mol. The minimum atomic E-state index is -0.171. The van der Waals surface area contributed by atoms with Crippen LogP contribution in [0.5, 0.6) is 0 Å². The molecule has 1 amide bonds. The molecular formula is C11H13BrN2O. The van der Waals surface area contributed by atoms with Gasteiger partial charge in [-0.3, -0.25) is 4.79 Å². The number of hydrogen-bond donors (Lipinski definition) is 1. The van der Waals surface area contributed by atoms with Crippen molar-refractivity contribution in [1.29, 1.82) is 0 Å². The largest absolute Gasteiger partial charge is 0.349 e. The molecule has 1 N–H and O–H groups in total. The van der Waals surface area contributed by atoms with Crippen molar-refractivity contribution in [2.24, 2.45) is 0 Å². The van der Waals surface area contributed by atoms with Crippen LogP contribution in [0.15, 0.2) is 22.9 Å². The van der Waals surface area contributed by atoms with Crippen LogP contribution >= 0.6 is 15.9 Å². The van der Waals surface area contributed by atoms with Gasteiger partial charge in [-0.05, 0) is 40.4 Å². The number of aromatic nitrogens is 1. The van der Waals surface area contributed by atoms with Crippen LogP contribution in [0, 0.1) is 0 Å². The average Bonchev–Trinajstić information content (AvgIpc) is 2.69. The predicted molar refractivity (Wildman–Crippen MR) is 61.3 cm³/mol. The van der Waals surface area contributed by atoms with E-state index in [-0.39, 0.29) is 5.54 Å². The van der Waals surface area contributed by atoms with E-state index in [1.54, 1.807) is 0 Å². The van der Waals surface area contributed by atoms with Crippen LogP contribution in [0.25, 0.3) is 0 Å². The zero-order chi connectivity index (χ0) is 10.7. The van der Waals surface area contributed by atoms with Gasteiger partial charge in [0, 0.05) is 6.20 Å². The Morgan fingerprint density at radius 3 is 2.67 bits per heavy atom. The lowest BCUT2D eigenvalue weighted by molar-refractivity contribution is -0.111. The number of nitrogens with one attached hydrogen (secondary N) is 1. The van der Waals surface area contributed by atoms with Crippen LogP contribution in [-0.4, -0.2) is 11.4 Å². The standard InChI is InChI=1S/C11H13BrN2O/c12-10-4-3-9(7-13-10)11(14-8-15)5-1-2-6-11/h3-4,7-8H,1-2,5-6H2,(H,14,15). The average molecular weight is 269 g/mol. The van der Waals surface area contributed by atoms with Crippen LogP contribution in [-0.2, 0) is 10.3 Å². The smallest absolute Gasteiger partial charge is 0.207 e. The summed E-state index contributed by atoms with van der Waals surface area (Å²) in [5.41, 5.74) is 0.936. The fourth-order valence-electron chi connectivity index (χ4n) is 2.27. The van der Waals surface area contributed by atoms with Crippen LogP contribution < -0.4 is 5.32 Å². The summed E-state index contributed by atoms with van der Waals surface area (Å²) in [4.78, 5) is 14.9. The van der Waals surface area contributed by atoms with E-state index in [4.69, 9.17) is 0 Å². The fraction of sp³-hybridized carbons (Fsp3) is 0.455. The van der Waals surface area contributed by atoms with E-state index >= 15 is 0 Å². The second kappa shape index (κ2) is 4.31. The summed E-state index contributed by atoms with van der Waals surface area (Å²) < 4.78 is 0.825. The molecule has 1 aliphatic carbocycles. The first-order chi connectivity index (χ1) is 7.27. The first-order valence-electron chi connectivity index (χ1n) is 5.10. The van der Waals surface area contributed by atoms with Crippen LogP contribution in [0.2, 0.25) is 0 Å². The number of nitrogens with zero attached hydrogens (tertiary/aromatic N) is 1. The van der Waals surface area contributed by atoms with Gasteiger partial charge in [-0.25, -0.2) is 4.98 Å². The quantitative estimate of drug-likeness (QED) is 0.676. The molecule has 0 spiro atoms. The Labute approximate surface area is 97.4 Å². The van der Waals surface area contributed by atoms with Gasteiger partial charge in [0.05, 0.1) is 5.54 Å². The van der Waals surface area contributed by atoms with Crippen molar-refractivity contribution < 1.29 is 4.79 Å². The third-order valence-electron chi connectivity index (χ3n) is 3.07. The van der Waals surface area contributed by atoms with Crippen molar-refractivity contribution in [2.45, 2.75) is 31.2 Å². The molecule has 80 valence electrons. The Hall–Kier alpha value is -0.900. The van der Waals surface area contributed by atoms with Crippen molar-refractivity contribution in [3.63, 3.8) is 0 Å². The molecule has 0 atom stereocenters. The highest BCUT2D eigenvalue weighted by Gasteiger charge is 2.35. The molecule has 0 unspecified atom stereocenters. The number of halogens is 1. The number of rotatable bonds is 3. The fourth-order valence-corrected chi connectivity index (χ4v) is 2.50. The molecule has 0 radical (unpaired) electrons. The zero-order valence-corrected chi connectivity index (χ0v) is 9.96. The highest BCUT2D eigenvalue weighted by molar-refractivity contribution is 9.10. The van der Waals surface area contributed by atoms with E-state index in [0.29, 0.717) is 0 Å². The summed E-state index contributed by atoms with van der Waals surface area (Å²) in [6.07, 6.45) is 6.98. The molecule has 1 saturated carbocycles. The summed E-state index contributed by atoms with van der Waals surface area (Å²) in [7, 11) is 0. The molecule has 0 saturated heterocycles. The van der Waals surface area contributed by atoms with Gasteiger partial charge in [0.25, 0.3) is 0 Å². The summed E-state index contributed by atoms with van der Waals surface area (Å²) in [6, 6.07) is 3.95. The zero-order valence-electron chi connectivity index (χ0n) is 8.37. The minimum Gasteiger partial charge on any atom is -0.349 e. The van der Waals surface area contributed by atoms with Gasteiger partial charge >= 0.3 is 0 Å². The van der Waals surface area contributed by atoms with Crippen LogP contribution in [0.4, 0.5) is 0 Å². The van der Waals surface area contributed by atoms with E-state index in [0.717, 1.165) is 42.3 Å². The van der Waals surface area contributed by atoms with Gasteiger partial charge in [-0.15, -0.1) is 0 Å². The normalized spacial score (nSPS) is 18.7. The lowest BCUT2D eigenvalue weighted by Crippen LogP contribution is -2.38. The lowest BCUT2D eigenvalue weighted by atomic mass is 9.90. The summed E-state index contributed by atoms with van der Waals surface area (Å²) >= 11 is 3.31. The van der Waals surface area contributed by atoms with Crippen molar-refractivity contribution >= 4 is 22.3 Å². The van der Waals surface area contributed by atoms with E-state index in [1.807, 2.05) is 18.3 Å². The second-order valence-electron chi connectivity index (χ2n) is 3.92. The van der Waals surface area contributed by atoms with Crippen molar-refractivity contribution in [2.75, 3.05) is 0 Å². The summed E-state index contributed by atoms with van der Waals surface area (Å²) in [5, 5.41) is 2.96. The Morgan fingerprint density at radius 1 is 1.40 bits per heavy atom. The molecule has 1 aliphatic rings. The highest BCUT2D eigenvalue weighted by Crippen LogP contribution is 2.38. The topological polar surface area (TPSA) is 42.0 Å². The maximum atomic E-state index is 10.7. The van der Waals surface area contributed by atoms with Gasteiger partial charge in [0.15, 0.2) is 0 Å². The SMILES string of the molecule is O=CNC1(c2ccc(Br)nc2)CCCC1. The maximum absolute atomic E-state index is 10.7. The number of hydrogen-bond acceptors (Lipinski definition) is 2. The third kappa shape index (κ3) is 2.04. The molecule has 0 aliphatic heterocycles. The van der Waals surface area contributed by atoms with Crippen LogP contribution in [0.3, 0.4) is 0 Å². The Balaban J connectivity index is 2.31. The van der Waals surface area contributed by atoms with Crippen molar-refractivity contribution in [1.82, 2.24) is 10.3 Å². The number of carbonyl (C=O) groups excluding carboxylic acids is 1. The molecule has 0 aromatic carbocycles. The van der Waals surface area contributed by atoms with E-state index in [1.165, 1.54) is 0 Å². The summed E-state index contributed by atoms with van der Waals surface area (Å²) in [5.74, 6) is 0. The number of pyridine rings is 1. The maximum Gasteiger partial charge on any atom is 0.207 e. The Morgan fingerprint density at radius 2 is 2.13 bits per heavy atom. The molecule has 1 aromatic rings. The Kier molecular flexibility index (Phi) is 3.05. The second-order valence-corrected chi connectivity index (χ2v) is 4.73. The van der Waals surface area contributed by atoms with Gasteiger partial charge in [0.2, 0.25) is 6.41 Å². The first kappa shape index (κ1) is 10.6. The molecule has 0 bridgehead atoms. The predicted octanol–water partition coefficient (Wildman–Crippen LogP) is 2.36. The van der Waals surface area contributed by atoms with Crippen LogP contribution in [0.1, 0.15) is 31.2 Å². The van der Waals surface area contributed by atoms with Crippen molar-refractivity contribution in [3.05, 3.63) is 28.5 Å². The highest BCUT2D eigenvalue weighted by atomic mass is 79.9. The Bertz CT molecular complexity index is 344. The molecule has 1 heterocycles. The van der Waals surface area contributed by atoms with E-state index in [2.05, 4.69) is 26.2 Å². The minimum absolute atomic E-state index is 0.171. The summed E-state index contributed by atoms with van der Waals surface area (Å²) in [6.45, 7) is 0. The van der Waals surface area contributed by atoms with Gasteiger partial charge in [0.1, 0.15) is 4.60 Å². The molecule has 4 heteroatoms. The third-order valence-corrected chi connectivity index (χ3v) is 3.54. The monoisotopic (exact) mass is 268 g/mol. The lowest BCUT2D eigenvalue weighted by Gasteiger charge is -2.28. The molecule has 3 nitrogen and oxygen atoms in total. The molecule has 1 aromatic heterocycles. The van der Waals surface area contributed by atoms with Gasteiger partial charge < -0.3 is 5.32 Å². The number of carbonyl (C=O) groups is 1. The van der Waals surface area contributed by atoms with E-state index < -0.39 is 0 Å².